The van der Waals surface area contributed by atoms with Crippen LogP contribution >= 0.6 is 0 Å². The summed E-state index contributed by atoms with van der Waals surface area (Å²) in [6.45, 7) is 2.36. The molecule has 0 aromatic heterocycles. The van der Waals surface area contributed by atoms with Crippen LogP contribution in [0.1, 0.15) is 16.7 Å². The molecule has 1 heterocycles. The number of benzene rings is 2. The third kappa shape index (κ3) is 3.68. The molecule has 0 spiro atoms. The van der Waals surface area contributed by atoms with E-state index < -0.39 is 5.97 Å². The average Bonchev–Trinajstić information content (AvgIpc) is 3.06. The molecule has 2 aromatic carbocycles. The second kappa shape index (κ2) is 7.08. The fourth-order valence-electron chi connectivity index (χ4n) is 2.40. The molecule has 0 fully saturated rings. The van der Waals surface area contributed by atoms with E-state index in [-0.39, 0.29) is 13.4 Å². The summed E-state index contributed by atoms with van der Waals surface area (Å²) in [6.07, 6.45) is 3.07. The molecule has 3 rings (SSSR count). The maximum Gasteiger partial charge on any atom is 0.331 e. The van der Waals surface area contributed by atoms with E-state index in [1.807, 2.05) is 43.3 Å². The van der Waals surface area contributed by atoms with E-state index in [4.69, 9.17) is 18.9 Å². The lowest BCUT2D eigenvalue weighted by Gasteiger charge is -2.09. The Labute approximate surface area is 140 Å². The minimum Gasteiger partial charge on any atom is -0.496 e. The van der Waals surface area contributed by atoms with Crippen LogP contribution in [0.3, 0.4) is 0 Å². The Morgan fingerprint density at radius 1 is 1.17 bits per heavy atom. The minimum atomic E-state index is -0.420. The minimum absolute atomic E-state index is 0.162. The SMILES string of the molecule is COc1ccc(C)cc1COC(=O)/C=C/c1ccc2c(c1)OCO2. The first-order chi connectivity index (χ1) is 11.7. The van der Waals surface area contributed by atoms with Gasteiger partial charge < -0.3 is 18.9 Å². The highest BCUT2D eigenvalue weighted by Crippen LogP contribution is 2.32. The highest BCUT2D eigenvalue weighted by atomic mass is 16.7. The summed E-state index contributed by atoms with van der Waals surface area (Å²) in [7, 11) is 1.59. The molecule has 0 unspecified atom stereocenters. The molecule has 5 heteroatoms. The zero-order valence-corrected chi connectivity index (χ0v) is 13.6. The number of carbonyl (C=O) groups is 1. The van der Waals surface area contributed by atoms with E-state index in [1.165, 1.54) is 6.08 Å². The van der Waals surface area contributed by atoms with Crippen molar-refractivity contribution in [2.75, 3.05) is 13.9 Å². The predicted octanol–water partition coefficient (Wildman–Crippen LogP) is 3.49. The maximum atomic E-state index is 11.9. The van der Waals surface area contributed by atoms with Crippen molar-refractivity contribution in [2.45, 2.75) is 13.5 Å². The van der Waals surface area contributed by atoms with Crippen LogP contribution in [-0.4, -0.2) is 19.9 Å². The lowest BCUT2D eigenvalue weighted by molar-refractivity contribution is -0.138. The Hall–Kier alpha value is -2.95. The lowest BCUT2D eigenvalue weighted by Crippen LogP contribution is -2.02. The van der Waals surface area contributed by atoms with E-state index in [9.17, 15) is 4.79 Å². The number of carbonyl (C=O) groups excluding carboxylic acids is 1. The van der Waals surface area contributed by atoms with Gasteiger partial charge in [-0.15, -0.1) is 0 Å². The van der Waals surface area contributed by atoms with Gasteiger partial charge in [0.25, 0.3) is 0 Å². The zero-order chi connectivity index (χ0) is 16.9. The van der Waals surface area contributed by atoms with Crippen LogP contribution < -0.4 is 14.2 Å². The first kappa shape index (κ1) is 15.9. The monoisotopic (exact) mass is 326 g/mol. The van der Waals surface area contributed by atoms with Gasteiger partial charge in [-0.25, -0.2) is 4.79 Å². The number of hydrogen-bond acceptors (Lipinski definition) is 5. The highest BCUT2D eigenvalue weighted by Gasteiger charge is 2.12. The van der Waals surface area contributed by atoms with Gasteiger partial charge in [-0.3, -0.25) is 0 Å². The molecule has 5 nitrogen and oxygen atoms in total. The summed E-state index contributed by atoms with van der Waals surface area (Å²) >= 11 is 0. The number of ether oxygens (including phenoxy) is 4. The second-order valence-electron chi connectivity index (χ2n) is 5.37. The van der Waals surface area contributed by atoms with Gasteiger partial charge in [0.2, 0.25) is 6.79 Å². The number of hydrogen-bond donors (Lipinski definition) is 0. The van der Waals surface area contributed by atoms with Crippen molar-refractivity contribution in [3.05, 3.63) is 59.2 Å². The third-order valence-corrected chi connectivity index (χ3v) is 3.61. The molecule has 0 aliphatic carbocycles. The van der Waals surface area contributed by atoms with Gasteiger partial charge in [0.15, 0.2) is 11.5 Å². The molecule has 1 aliphatic rings. The van der Waals surface area contributed by atoms with Crippen molar-refractivity contribution in [2.24, 2.45) is 0 Å². The molecule has 1 aliphatic heterocycles. The Kier molecular flexibility index (Phi) is 4.70. The molecule has 0 saturated heterocycles. The van der Waals surface area contributed by atoms with Crippen molar-refractivity contribution in [3.8, 4) is 17.2 Å². The molecule has 0 radical (unpaired) electrons. The molecule has 124 valence electrons. The van der Waals surface area contributed by atoms with Crippen molar-refractivity contribution in [1.82, 2.24) is 0 Å². The first-order valence-electron chi connectivity index (χ1n) is 7.54. The molecule has 0 amide bonds. The molecular weight excluding hydrogens is 308 g/mol. The van der Waals surface area contributed by atoms with Crippen LogP contribution in [-0.2, 0) is 16.1 Å². The zero-order valence-electron chi connectivity index (χ0n) is 13.6. The number of rotatable bonds is 5. The van der Waals surface area contributed by atoms with Gasteiger partial charge in [-0.05, 0) is 42.8 Å². The summed E-state index contributed by atoms with van der Waals surface area (Å²) in [6, 6.07) is 11.2. The number of fused-ring (bicyclic) bond motifs is 1. The lowest BCUT2D eigenvalue weighted by atomic mass is 10.1. The van der Waals surface area contributed by atoms with Crippen LogP contribution in [0.5, 0.6) is 17.2 Å². The van der Waals surface area contributed by atoms with Crippen LogP contribution in [0.15, 0.2) is 42.5 Å². The van der Waals surface area contributed by atoms with Gasteiger partial charge in [-0.1, -0.05) is 17.7 Å². The number of esters is 1. The van der Waals surface area contributed by atoms with Gasteiger partial charge in [0, 0.05) is 11.6 Å². The summed E-state index contributed by atoms with van der Waals surface area (Å²) < 4.78 is 21.1. The van der Waals surface area contributed by atoms with E-state index in [0.717, 1.165) is 16.7 Å². The Morgan fingerprint density at radius 3 is 2.83 bits per heavy atom. The van der Waals surface area contributed by atoms with E-state index in [1.54, 1.807) is 13.2 Å². The van der Waals surface area contributed by atoms with Gasteiger partial charge in [0.05, 0.1) is 7.11 Å². The predicted molar refractivity (Wildman–Crippen MR) is 89.1 cm³/mol. The van der Waals surface area contributed by atoms with Crippen molar-refractivity contribution < 1.29 is 23.7 Å². The third-order valence-electron chi connectivity index (χ3n) is 3.61. The largest absolute Gasteiger partial charge is 0.496 e. The molecule has 0 bridgehead atoms. The Bertz CT molecular complexity index is 779. The van der Waals surface area contributed by atoms with E-state index in [0.29, 0.717) is 17.2 Å². The van der Waals surface area contributed by atoms with Crippen molar-refractivity contribution >= 4 is 12.0 Å². The normalized spacial score (nSPS) is 12.4. The number of methoxy groups -OCH3 is 1. The summed E-state index contributed by atoms with van der Waals surface area (Å²) in [5.74, 6) is 1.67. The fraction of sp³-hybridized carbons (Fsp3) is 0.211. The van der Waals surface area contributed by atoms with Crippen LogP contribution in [0.4, 0.5) is 0 Å². The van der Waals surface area contributed by atoms with Gasteiger partial charge >= 0.3 is 5.97 Å². The number of aryl methyl sites for hydroxylation is 1. The summed E-state index contributed by atoms with van der Waals surface area (Å²) in [5.41, 5.74) is 2.75. The van der Waals surface area contributed by atoms with Crippen molar-refractivity contribution in [1.29, 1.82) is 0 Å². The Morgan fingerprint density at radius 2 is 2.00 bits per heavy atom. The molecule has 2 aromatic rings. The average molecular weight is 326 g/mol. The molecule has 0 atom stereocenters. The molecule has 0 N–H and O–H groups in total. The molecule has 0 saturated carbocycles. The maximum absolute atomic E-state index is 11.9. The van der Waals surface area contributed by atoms with Crippen LogP contribution in [0.2, 0.25) is 0 Å². The first-order valence-corrected chi connectivity index (χ1v) is 7.54. The summed E-state index contributed by atoms with van der Waals surface area (Å²) in [4.78, 5) is 11.9. The van der Waals surface area contributed by atoms with E-state index in [2.05, 4.69) is 0 Å². The van der Waals surface area contributed by atoms with Crippen molar-refractivity contribution in [3.63, 3.8) is 0 Å². The van der Waals surface area contributed by atoms with Crippen LogP contribution in [0.25, 0.3) is 6.08 Å². The smallest absolute Gasteiger partial charge is 0.331 e. The van der Waals surface area contributed by atoms with Crippen LogP contribution in [0, 0.1) is 6.92 Å². The summed E-state index contributed by atoms with van der Waals surface area (Å²) in [5, 5.41) is 0. The van der Waals surface area contributed by atoms with Gasteiger partial charge in [-0.2, -0.15) is 0 Å². The highest BCUT2D eigenvalue weighted by molar-refractivity contribution is 5.87. The molecule has 24 heavy (non-hydrogen) atoms. The fourth-order valence-corrected chi connectivity index (χ4v) is 2.40. The molecular formula is C19H18O5. The quantitative estimate of drug-likeness (QED) is 0.622. The standard InChI is InChI=1S/C19H18O5/c1-13-3-6-16(21-2)15(9-13)11-22-19(20)8-5-14-4-7-17-18(10-14)24-12-23-17/h3-10H,11-12H2,1-2H3/b8-5+. The van der Waals surface area contributed by atoms with E-state index >= 15 is 0 Å². The van der Waals surface area contributed by atoms with Gasteiger partial charge in [0.1, 0.15) is 12.4 Å². The Balaban J connectivity index is 1.61. The second-order valence-corrected chi connectivity index (χ2v) is 5.37. The topological polar surface area (TPSA) is 54.0 Å².